The highest BCUT2D eigenvalue weighted by atomic mass is 16.5. The highest BCUT2D eigenvalue weighted by Gasteiger charge is 2.57. The number of carbonyl (C=O) groups excluding carboxylic acids is 2. The molecule has 150 valence electrons. The van der Waals surface area contributed by atoms with E-state index in [0.717, 1.165) is 24.1 Å². The topological polar surface area (TPSA) is 70.1 Å². The van der Waals surface area contributed by atoms with Gasteiger partial charge < -0.3 is 19.6 Å². The number of likely N-dealkylation sites (tertiary alicyclic amines) is 1. The lowest BCUT2D eigenvalue weighted by Gasteiger charge is -2.59. The summed E-state index contributed by atoms with van der Waals surface area (Å²) in [4.78, 5) is 29.9. The van der Waals surface area contributed by atoms with Crippen molar-refractivity contribution in [2.24, 2.45) is 5.92 Å². The second kappa shape index (κ2) is 6.88. The van der Waals surface area contributed by atoms with Crippen LogP contribution in [0.5, 0.6) is 5.75 Å². The molecular formula is C23H24N2O4. The van der Waals surface area contributed by atoms with Crippen molar-refractivity contribution in [1.29, 1.82) is 0 Å². The van der Waals surface area contributed by atoms with Crippen LogP contribution in [0.15, 0.2) is 48.5 Å². The highest BCUT2D eigenvalue weighted by Crippen LogP contribution is 2.50. The largest absolute Gasteiger partial charge is 0.496 e. The maximum atomic E-state index is 13.5. The molecule has 2 aromatic rings. The lowest BCUT2D eigenvalue weighted by Crippen LogP contribution is -2.71. The Morgan fingerprint density at radius 3 is 2.55 bits per heavy atom. The first-order valence-corrected chi connectivity index (χ1v) is 10.1. The first-order chi connectivity index (χ1) is 14.2. The Hall–Kier alpha value is -2.86. The number of methoxy groups -OCH3 is 1. The molecule has 1 aliphatic carbocycles. The minimum Gasteiger partial charge on any atom is -0.496 e. The van der Waals surface area contributed by atoms with Crippen LogP contribution in [0.1, 0.15) is 34.7 Å². The van der Waals surface area contributed by atoms with Crippen molar-refractivity contribution in [1.82, 2.24) is 4.90 Å². The number of aliphatic hydroxyl groups excluding tert-OH is 1. The molecule has 0 aromatic heterocycles. The Labute approximate surface area is 169 Å². The minimum absolute atomic E-state index is 0.0561. The Morgan fingerprint density at radius 1 is 1.10 bits per heavy atom. The van der Waals surface area contributed by atoms with Crippen LogP contribution in [0.4, 0.5) is 5.69 Å². The molecule has 29 heavy (non-hydrogen) atoms. The molecule has 1 N–H and O–H groups in total. The van der Waals surface area contributed by atoms with Gasteiger partial charge in [0.05, 0.1) is 31.4 Å². The van der Waals surface area contributed by atoms with Crippen molar-refractivity contribution >= 4 is 17.5 Å². The van der Waals surface area contributed by atoms with Gasteiger partial charge in [0.25, 0.3) is 5.91 Å². The molecule has 2 aromatic carbocycles. The molecule has 2 amide bonds. The number of ether oxygens (including phenoxy) is 1. The summed E-state index contributed by atoms with van der Waals surface area (Å²) in [5, 5.41) is 10.0. The SMILES string of the molecule is COc1ccccc1C(=O)N1C[C@@H]2[C@H](c3ccccc31)[C@H](CO)N2C(=O)C1CC1. The van der Waals surface area contributed by atoms with Crippen molar-refractivity contribution in [2.45, 2.75) is 30.8 Å². The quantitative estimate of drug-likeness (QED) is 0.868. The van der Waals surface area contributed by atoms with E-state index in [4.69, 9.17) is 4.74 Å². The Bertz CT molecular complexity index is 971. The number of hydrogen-bond donors (Lipinski definition) is 1. The molecule has 2 aliphatic heterocycles. The third-order valence-corrected chi connectivity index (χ3v) is 6.45. The Kier molecular flexibility index (Phi) is 4.32. The van der Waals surface area contributed by atoms with Crippen molar-refractivity contribution in [3.63, 3.8) is 0 Å². The summed E-state index contributed by atoms with van der Waals surface area (Å²) in [6.45, 7) is 0.363. The molecule has 1 saturated carbocycles. The van der Waals surface area contributed by atoms with Crippen molar-refractivity contribution in [3.05, 3.63) is 59.7 Å². The number of aliphatic hydroxyl groups is 1. The molecule has 3 aliphatic rings. The van der Waals surface area contributed by atoms with Crippen LogP contribution in [0.2, 0.25) is 0 Å². The molecule has 6 nitrogen and oxygen atoms in total. The summed E-state index contributed by atoms with van der Waals surface area (Å²) < 4.78 is 5.40. The van der Waals surface area contributed by atoms with Crippen LogP contribution >= 0.6 is 0 Å². The van der Waals surface area contributed by atoms with E-state index < -0.39 is 0 Å². The molecule has 2 heterocycles. The van der Waals surface area contributed by atoms with Crippen molar-refractivity contribution in [2.75, 3.05) is 25.2 Å². The van der Waals surface area contributed by atoms with Gasteiger partial charge in [-0.25, -0.2) is 0 Å². The molecule has 1 saturated heterocycles. The van der Waals surface area contributed by atoms with E-state index in [0.29, 0.717) is 17.9 Å². The fourth-order valence-corrected chi connectivity index (χ4v) is 4.89. The predicted molar refractivity (Wildman–Crippen MR) is 108 cm³/mol. The number of para-hydroxylation sites is 2. The second-order valence-electron chi connectivity index (χ2n) is 8.04. The maximum absolute atomic E-state index is 13.5. The summed E-state index contributed by atoms with van der Waals surface area (Å²) in [6.07, 6.45) is 1.84. The van der Waals surface area contributed by atoms with Gasteiger partial charge in [-0.1, -0.05) is 30.3 Å². The summed E-state index contributed by atoms with van der Waals surface area (Å²) in [6, 6.07) is 14.7. The fourth-order valence-electron chi connectivity index (χ4n) is 4.89. The average Bonchev–Trinajstić information content (AvgIpc) is 3.59. The van der Waals surface area contributed by atoms with Gasteiger partial charge in [0.2, 0.25) is 5.91 Å². The third-order valence-electron chi connectivity index (χ3n) is 6.45. The van der Waals surface area contributed by atoms with Crippen LogP contribution in [0.3, 0.4) is 0 Å². The number of carbonyl (C=O) groups is 2. The molecular weight excluding hydrogens is 368 g/mol. The van der Waals surface area contributed by atoms with E-state index in [1.807, 2.05) is 41.3 Å². The Balaban J connectivity index is 1.54. The third kappa shape index (κ3) is 2.74. The van der Waals surface area contributed by atoms with E-state index >= 15 is 0 Å². The number of benzene rings is 2. The van der Waals surface area contributed by atoms with E-state index in [-0.39, 0.29) is 42.3 Å². The molecule has 0 spiro atoms. The number of rotatable bonds is 4. The second-order valence-corrected chi connectivity index (χ2v) is 8.04. The molecule has 0 bridgehead atoms. The van der Waals surface area contributed by atoms with Crippen LogP contribution in [-0.2, 0) is 4.79 Å². The lowest BCUT2D eigenvalue weighted by molar-refractivity contribution is -0.151. The van der Waals surface area contributed by atoms with Gasteiger partial charge in [0, 0.05) is 24.1 Å². The molecule has 6 heteroatoms. The molecule has 0 unspecified atom stereocenters. The maximum Gasteiger partial charge on any atom is 0.262 e. The van der Waals surface area contributed by atoms with Crippen molar-refractivity contribution in [3.8, 4) is 5.75 Å². The molecule has 3 atom stereocenters. The van der Waals surface area contributed by atoms with Gasteiger partial charge in [0.15, 0.2) is 0 Å². The molecule has 0 radical (unpaired) electrons. The highest BCUT2D eigenvalue weighted by molar-refractivity contribution is 6.09. The van der Waals surface area contributed by atoms with Gasteiger partial charge in [-0.05, 0) is 36.6 Å². The molecule has 2 fully saturated rings. The number of anilines is 1. The van der Waals surface area contributed by atoms with Crippen LogP contribution < -0.4 is 9.64 Å². The molecule has 5 rings (SSSR count). The lowest BCUT2D eigenvalue weighted by atomic mass is 9.71. The standard InChI is InChI=1S/C23H24N2O4/c1-29-20-9-5-3-7-16(20)23(28)24-12-18-21(15-6-2-4-8-17(15)24)19(13-26)25(18)22(27)14-10-11-14/h2-9,14,18-19,21,26H,10-13H2,1H3/t18-,19+,21+/m1/s1. The van der Waals surface area contributed by atoms with Crippen LogP contribution in [0.25, 0.3) is 0 Å². The summed E-state index contributed by atoms with van der Waals surface area (Å²) in [5.74, 6) is 0.653. The first kappa shape index (κ1) is 18.2. The number of nitrogens with zero attached hydrogens (tertiary/aromatic N) is 2. The number of fused-ring (bicyclic) bond motifs is 3. The van der Waals surface area contributed by atoms with Crippen molar-refractivity contribution < 1.29 is 19.4 Å². The Morgan fingerprint density at radius 2 is 1.83 bits per heavy atom. The van der Waals surface area contributed by atoms with E-state index in [1.54, 1.807) is 24.1 Å². The zero-order valence-corrected chi connectivity index (χ0v) is 16.3. The predicted octanol–water partition coefficient (Wildman–Crippen LogP) is 2.42. The van der Waals surface area contributed by atoms with E-state index in [1.165, 1.54) is 0 Å². The van der Waals surface area contributed by atoms with Crippen LogP contribution in [-0.4, -0.2) is 54.2 Å². The number of amides is 2. The minimum atomic E-state index is -0.210. The van der Waals surface area contributed by atoms with Crippen LogP contribution in [0, 0.1) is 5.92 Å². The van der Waals surface area contributed by atoms with E-state index in [2.05, 4.69) is 0 Å². The monoisotopic (exact) mass is 392 g/mol. The summed E-state index contributed by atoms with van der Waals surface area (Å²) >= 11 is 0. The fraction of sp³-hybridized carbons (Fsp3) is 0.391. The van der Waals surface area contributed by atoms with E-state index in [9.17, 15) is 14.7 Å². The summed E-state index contributed by atoms with van der Waals surface area (Å²) in [7, 11) is 1.56. The van der Waals surface area contributed by atoms with Gasteiger partial charge in [-0.2, -0.15) is 0 Å². The first-order valence-electron chi connectivity index (χ1n) is 10.1. The smallest absolute Gasteiger partial charge is 0.262 e. The van der Waals surface area contributed by atoms with Gasteiger partial charge >= 0.3 is 0 Å². The summed E-state index contributed by atoms with van der Waals surface area (Å²) in [5.41, 5.74) is 2.37. The van der Waals surface area contributed by atoms with Gasteiger partial charge in [0.1, 0.15) is 5.75 Å². The van der Waals surface area contributed by atoms with Gasteiger partial charge in [-0.3, -0.25) is 9.59 Å². The average molecular weight is 392 g/mol. The van der Waals surface area contributed by atoms with Gasteiger partial charge in [-0.15, -0.1) is 0 Å². The normalized spacial score (nSPS) is 25.0. The zero-order valence-electron chi connectivity index (χ0n) is 16.3. The number of hydrogen-bond acceptors (Lipinski definition) is 4. The zero-order chi connectivity index (χ0) is 20.1.